The SMILES string of the molecule is CSCCN1C[C@H]2C[C@@H](C1)[C@H](CNC(=O)C1CCCC1)n1c2cccc1=O. The van der Waals surface area contributed by atoms with Crippen LogP contribution in [0, 0.1) is 11.8 Å². The van der Waals surface area contributed by atoms with Gasteiger partial charge in [0.05, 0.1) is 6.04 Å². The summed E-state index contributed by atoms with van der Waals surface area (Å²) in [6.45, 7) is 3.76. The van der Waals surface area contributed by atoms with Crippen molar-refractivity contribution in [3.05, 3.63) is 34.2 Å². The Morgan fingerprint density at radius 3 is 2.85 bits per heavy atom. The van der Waals surface area contributed by atoms with Gasteiger partial charge in [0.2, 0.25) is 5.91 Å². The zero-order valence-electron chi connectivity index (χ0n) is 16.2. The molecule has 0 spiro atoms. The Labute approximate surface area is 165 Å². The summed E-state index contributed by atoms with van der Waals surface area (Å²) in [5.41, 5.74) is 1.24. The minimum Gasteiger partial charge on any atom is -0.354 e. The maximum Gasteiger partial charge on any atom is 0.251 e. The first-order chi connectivity index (χ1) is 13.2. The van der Waals surface area contributed by atoms with Crippen LogP contribution in [0.3, 0.4) is 0 Å². The van der Waals surface area contributed by atoms with Gasteiger partial charge in [-0.15, -0.1) is 0 Å². The van der Waals surface area contributed by atoms with E-state index in [1.807, 2.05) is 22.4 Å². The van der Waals surface area contributed by atoms with Crippen LogP contribution in [0.1, 0.15) is 49.8 Å². The summed E-state index contributed by atoms with van der Waals surface area (Å²) in [4.78, 5) is 27.8. The molecule has 0 unspecified atom stereocenters. The van der Waals surface area contributed by atoms with Gasteiger partial charge in [-0.3, -0.25) is 9.59 Å². The highest BCUT2D eigenvalue weighted by atomic mass is 32.2. The molecule has 1 saturated carbocycles. The van der Waals surface area contributed by atoms with Gasteiger partial charge in [-0.2, -0.15) is 11.8 Å². The molecule has 1 aromatic heterocycles. The molecule has 3 atom stereocenters. The Kier molecular flexibility index (Phi) is 5.93. The van der Waals surface area contributed by atoms with Gasteiger partial charge in [0.15, 0.2) is 0 Å². The van der Waals surface area contributed by atoms with E-state index in [9.17, 15) is 9.59 Å². The number of likely N-dealkylation sites (tertiary alicyclic amines) is 1. The number of aromatic nitrogens is 1. The van der Waals surface area contributed by atoms with Gasteiger partial charge in [-0.1, -0.05) is 18.9 Å². The third-order valence-electron chi connectivity index (χ3n) is 6.70. The second-order valence-electron chi connectivity index (χ2n) is 8.40. The number of pyridine rings is 1. The third-order valence-corrected chi connectivity index (χ3v) is 7.29. The highest BCUT2D eigenvalue weighted by molar-refractivity contribution is 7.98. The summed E-state index contributed by atoms with van der Waals surface area (Å²) in [5.74, 6) is 2.38. The molecule has 1 saturated heterocycles. The lowest BCUT2D eigenvalue weighted by Gasteiger charge is -2.47. The monoisotopic (exact) mass is 389 g/mol. The molecule has 1 N–H and O–H groups in total. The molecule has 1 aliphatic carbocycles. The summed E-state index contributed by atoms with van der Waals surface area (Å²) in [6, 6.07) is 5.75. The lowest BCUT2D eigenvalue weighted by Crippen LogP contribution is -2.52. The topological polar surface area (TPSA) is 54.3 Å². The van der Waals surface area contributed by atoms with E-state index in [1.165, 1.54) is 12.8 Å². The Morgan fingerprint density at radius 1 is 1.26 bits per heavy atom. The van der Waals surface area contributed by atoms with Crippen LogP contribution in [0.5, 0.6) is 0 Å². The van der Waals surface area contributed by atoms with E-state index in [2.05, 4.69) is 22.5 Å². The molecule has 1 amide bonds. The van der Waals surface area contributed by atoms with Crippen LogP contribution in [0.4, 0.5) is 0 Å². The first kappa shape index (κ1) is 19.1. The van der Waals surface area contributed by atoms with Crippen molar-refractivity contribution >= 4 is 17.7 Å². The zero-order valence-corrected chi connectivity index (χ0v) is 17.0. The zero-order chi connectivity index (χ0) is 18.8. The standard InChI is InChI=1S/C21H31N3O2S/c1-27-10-9-23-13-16-11-17(14-23)19(24-18(16)7-4-8-20(24)25)12-22-21(26)15-5-2-3-6-15/h4,7-8,15-17,19H,2-3,5-6,9-14H2,1H3,(H,22,26)/t16-,17+,19+/m1/s1. The van der Waals surface area contributed by atoms with Crippen LogP contribution in [0.25, 0.3) is 0 Å². The summed E-state index contributed by atoms with van der Waals surface area (Å²) in [5, 5.41) is 3.20. The number of piperidine rings is 1. The first-order valence-corrected chi connectivity index (χ1v) is 11.8. The van der Waals surface area contributed by atoms with Crippen LogP contribution in [-0.4, -0.2) is 53.6 Å². The van der Waals surface area contributed by atoms with Crippen molar-refractivity contribution in [2.45, 2.75) is 44.1 Å². The van der Waals surface area contributed by atoms with Crippen LogP contribution >= 0.6 is 11.8 Å². The molecule has 4 rings (SSSR count). The molecule has 3 aliphatic rings. The number of thioether (sulfide) groups is 1. The van der Waals surface area contributed by atoms with Gasteiger partial charge < -0.3 is 14.8 Å². The molecule has 2 aliphatic heterocycles. The van der Waals surface area contributed by atoms with E-state index in [0.717, 1.165) is 50.3 Å². The quantitative estimate of drug-likeness (QED) is 0.812. The van der Waals surface area contributed by atoms with Crippen molar-refractivity contribution in [1.82, 2.24) is 14.8 Å². The smallest absolute Gasteiger partial charge is 0.251 e. The van der Waals surface area contributed by atoms with Crippen molar-refractivity contribution in [1.29, 1.82) is 0 Å². The minimum atomic E-state index is 0.0763. The van der Waals surface area contributed by atoms with Gasteiger partial charge in [0.25, 0.3) is 5.56 Å². The number of nitrogens with zero attached hydrogens (tertiary/aromatic N) is 2. The normalized spacial score (nSPS) is 28.1. The molecule has 2 bridgehead atoms. The van der Waals surface area contributed by atoms with Crippen molar-refractivity contribution in [2.75, 3.05) is 38.2 Å². The molecule has 2 fully saturated rings. The maximum atomic E-state index is 12.7. The predicted octanol–water partition coefficient (Wildman–Crippen LogP) is 2.48. The summed E-state index contributed by atoms with van der Waals surface area (Å²) in [7, 11) is 0. The van der Waals surface area contributed by atoms with Crippen LogP contribution in [-0.2, 0) is 4.79 Å². The Balaban J connectivity index is 1.54. The number of hydrogen-bond acceptors (Lipinski definition) is 4. The van der Waals surface area contributed by atoms with Gasteiger partial charge in [0, 0.05) is 55.5 Å². The third kappa shape index (κ3) is 3.97. The number of carbonyl (C=O) groups is 1. The predicted molar refractivity (Wildman–Crippen MR) is 110 cm³/mol. The fourth-order valence-electron chi connectivity index (χ4n) is 5.34. The molecular weight excluding hydrogens is 358 g/mol. The highest BCUT2D eigenvalue weighted by Gasteiger charge is 2.40. The van der Waals surface area contributed by atoms with E-state index in [-0.39, 0.29) is 23.4 Å². The van der Waals surface area contributed by atoms with Gasteiger partial charge in [-0.05, 0) is 37.5 Å². The fraction of sp³-hybridized carbons (Fsp3) is 0.714. The van der Waals surface area contributed by atoms with Gasteiger partial charge >= 0.3 is 0 Å². The number of hydrogen-bond donors (Lipinski definition) is 1. The van der Waals surface area contributed by atoms with E-state index in [4.69, 9.17) is 0 Å². The van der Waals surface area contributed by atoms with Crippen molar-refractivity contribution in [2.24, 2.45) is 11.8 Å². The Bertz CT molecular complexity index is 728. The van der Waals surface area contributed by atoms with Crippen molar-refractivity contribution in [3.8, 4) is 0 Å². The molecule has 5 nitrogen and oxygen atoms in total. The average Bonchev–Trinajstić information content (AvgIpc) is 3.21. The molecule has 0 aromatic carbocycles. The van der Waals surface area contributed by atoms with Gasteiger partial charge in [-0.25, -0.2) is 0 Å². The lowest BCUT2D eigenvalue weighted by molar-refractivity contribution is -0.125. The molecular formula is C21H31N3O2S. The average molecular weight is 390 g/mol. The molecule has 0 radical (unpaired) electrons. The summed E-state index contributed by atoms with van der Waals surface area (Å²) < 4.78 is 2.00. The van der Waals surface area contributed by atoms with Crippen LogP contribution in [0.15, 0.2) is 23.0 Å². The molecule has 1 aromatic rings. The summed E-state index contributed by atoms with van der Waals surface area (Å²) in [6.07, 6.45) is 7.64. The van der Waals surface area contributed by atoms with E-state index in [0.29, 0.717) is 18.4 Å². The van der Waals surface area contributed by atoms with E-state index in [1.54, 1.807) is 6.07 Å². The maximum absolute atomic E-state index is 12.7. The Hall–Kier alpha value is -1.27. The lowest BCUT2D eigenvalue weighted by atomic mass is 9.78. The number of carbonyl (C=O) groups excluding carboxylic acids is 1. The second-order valence-corrected chi connectivity index (χ2v) is 9.38. The number of amides is 1. The number of fused-ring (bicyclic) bond motifs is 4. The second kappa shape index (κ2) is 8.39. The highest BCUT2D eigenvalue weighted by Crippen LogP contribution is 2.40. The molecule has 148 valence electrons. The summed E-state index contributed by atoms with van der Waals surface area (Å²) >= 11 is 1.89. The molecule has 6 heteroatoms. The van der Waals surface area contributed by atoms with E-state index < -0.39 is 0 Å². The van der Waals surface area contributed by atoms with Crippen molar-refractivity contribution < 1.29 is 4.79 Å². The number of rotatable bonds is 6. The largest absolute Gasteiger partial charge is 0.354 e. The first-order valence-electron chi connectivity index (χ1n) is 10.4. The molecule has 27 heavy (non-hydrogen) atoms. The minimum absolute atomic E-state index is 0.0763. The fourth-order valence-corrected chi connectivity index (χ4v) is 5.78. The van der Waals surface area contributed by atoms with Crippen LogP contribution < -0.4 is 10.9 Å². The van der Waals surface area contributed by atoms with Gasteiger partial charge in [0.1, 0.15) is 0 Å². The molecule has 3 heterocycles. The number of nitrogens with one attached hydrogen (secondary N) is 1. The Morgan fingerprint density at radius 2 is 2.07 bits per heavy atom. The van der Waals surface area contributed by atoms with Crippen molar-refractivity contribution in [3.63, 3.8) is 0 Å². The van der Waals surface area contributed by atoms with E-state index >= 15 is 0 Å². The van der Waals surface area contributed by atoms with Crippen LogP contribution in [0.2, 0.25) is 0 Å².